The van der Waals surface area contributed by atoms with E-state index in [1.54, 1.807) is 36.4 Å². The van der Waals surface area contributed by atoms with E-state index >= 15 is 0 Å². The van der Waals surface area contributed by atoms with Crippen molar-refractivity contribution in [2.75, 3.05) is 0 Å². The van der Waals surface area contributed by atoms with E-state index in [4.69, 9.17) is 9.44 Å². The third-order valence-electron chi connectivity index (χ3n) is 3.64. The van der Waals surface area contributed by atoms with E-state index in [2.05, 4.69) is 20.9 Å². The predicted octanol–water partition coefficient (Wildman–Crippen LogP) is 3.71. The molecule has 132 valence electrons. The fourth-order valence-corrected chi connectivity index (χ4v) is 3.94. The summed E-state index contributed by atoms with van der Waals surface area (Å²) in [6.45, 7) is 0. The molecule has 2 aromatic carbocycles. The highest BCUT2D eigenvalue weighted by atomic mass is 79.9. The zero-order valence-electron chi connectivity index (χ0n) is 13.3. The van der Waals surface area contributed by atoms with E-state index in [0.29, 0.717) is 15.7 Å². The molecule has 0 bridgehead atoms. The van der Waals surface area contributed by atoms with Gasteiger partial charge >= 0.3 is 10.1 Å². The summed E-state index contributed by atoms with van der Waals surface area (Å²) in [6.07, 6.45) is -1.11. The van der Waals surface area contributed by atoms with E-state index in [1.807, 2.05) is 6.07 Å². The summed E-state index contributed by atoms with van der Waals surface area (Å²) in [5.74, 6) is 0.0841. The zero-order valence-corrected chi connectivity index (χ0v) is 15.7. The summed E-state index contributed by atoms with van der Waals surface area (Å²) in [6, 6.07) is 16.3. The van der Waals surface area contributed by atoms with Crippen LogP contribution in [0.4, 0.5) is 0 Å². The highest BCUT2D eigenvalue weighted by Crippen LogP contribution is 2.34. The molecule has 1 aromatic heterocycles. The average Bonchev–Trinajstić information content (AvgIpc) is 2.65. The second-order valence-corrected chi connectivity index (χ2v) is 7.75. The summed E-state index contributed by atoms with van der Waals surface area (Å²) in [4.78, 5) is 4.37. The minimum absolute atomic E-state index is 0.0400. The number of pyridine rings is 1. The van der Waals surface area contributed by atoms with Gasteiger partial charge in [0.25, 0.3) is 0 Å². The van der Waals surface area contributed by atoms with Crippen LogP contribution in [0.3, 0.4) is 0 Å². The third kappa shape index (κ3) is 3.70. The van der Waals surface area contributed by atoms with Crippen molar-refractivity contribution in [3.63, 3.8) is 0 Å². The third-order valence-corrected chi connectivity index (χ3v) is 5.66. The number of nitriles is 1. The van der Waals surface area contributed by atoms with E-state index in [0.717, 1.165) is 5.39 Å². The van der Waals surface area contributed by atoms with Gasteiger partial charge in [-0.2, -0.15) is 13.7 Å². The fraction of sp³-hybridized carbons (Fsp3) is 0.111. The van der Waals surface area contributed by atoms with Gasteiger partial charge in [-0.25, -0.2) is 4.98 Å². The smallest absolute Gasteiger partial charge is 0.339 e. The van der Waals surface area contributed by atoms with Crippen molar-refractivity contribution in [2.45, 2.75) is 17.4 Å². The lowest BCUT2D eigenvalue weighted by Crippen LogP contribution is -2.10. The lowest BCUT2D eigenvalue weighted by Gasteiger charge is -2.12. The maximum absolute atomic E-state index is 12.4. The van der Waals surface area contributed by atoms with Crippen LogP contribution in [-0.2, 0) is 10.1 Å². The molecule has 0 fully saturated rings. The first-order valence-electron chi connectivity index (χ1n) is 7.56. The summed E-state index contributed by atoms with van der Waals surface area (Å²) in [5, 5.41) is 19.4. The first kappa shape index (κ1) is 18.3. The van der Waals surface area contributed by atoms with Gasteiger partial charge in [-0.3, -0.25) is 0 Å². The molecule has 1 heterocycles. The molecule has 26 heavy (non-hydrogen) atoms. The number of aromatic nitrogens is 1. The molecule has 0 amide bonds. The maximum Gasteiger partial charge on any atom is 0.339 e. The molecular formula is C18H13BrN2O4S. The number of benzene rings is 2. The van der Waals surface area contributed by atoms with Gasteiger partial charge < -0.3 is 9.29 Å². The Morgan fingerprint density at radius 2 is 1.85 bits per heavy atom. The average molecular weight is 433 g/mol. The van der Waals surface area contributed by atoms with Gasteiger partial charge in [-0.1, -0.05) is 24.3 Å². The monoisotopic (exact) mass is 432 g/mol. The van der Waals surface area contributed by atoms with Crippen molar-refractivity contribution in [1.29, 1.82) is 5.26 Å². The Balaban J connectivity index is 2.02. The van der Waals surface area contributed by atoms with E-state index in [-0.39, 0.29) is 17.1 Å². The van der Waals surface area contributed by atoms with Crippen molar-refractivity contribution in [3.8, 4) is 11.8 Å². The molecule has 0 aliphatic carbocycles. The predicted molar refractivity (Wildman–Crippen MR) is 98.9 cm³/mol. The van der Waals surface area contributed by atoms with E-state index < -0.39 is 16.2 Å². The first-order valence-corrected chi connectivity index (χ1v) is 9.76. The van der Waals surface area contributed by atoms with Crippen LogP contribution in [0.25, 0.3) is 10.9 Å². The number of hydrogen-bond donors (Lipinski definition) is 1. The van der Waals surface area contributed by atoms with Gasteiger partial charge in [0.05, 0.1) is 28.2 Å². The molecule has 6 nitrogen and oxygen atoms in total. The topological polar surface area (TPSA) is 100 Å². The quantitative estimate of drug-likeness (QED) is 0.616. The Kier molecular flexibility index (Phi) is 5.23. The molecule has 8 heteroatoms. The number of rotatable bonds is 5. The molecule has 1 atom stereocenters. The van der Waals surface area contributed by atoms with E-state index in [9.17, 15) is 13.5 Å². The zero-order chi connectivity index (χ0) is 18.7. The number of aliphatic hydroxyl groups excluding tert-OH is 1. The lowest BCUT2D eigenvalue weighted by molar-refractivity contribution is 0.179. The van der Waals surface area contributed by atoms with Crippen molar-refractivity contribution >= 4 is 37.0 Å². The Bertz CT molecular complexity index is 1100. The number of halogens is 1. The SMILES string of the molecule is N#CCC(O)c1ccc2ccc(OS(=O)(=O)c3ccccc3)c(Br)c2n1. The van der Waals surface area contributed by atoms with Crippen LogP contribution >= 0.6 is 15.9 Å². The molecular weight excluding hydrogens is 420 g/mol. The van der Waals surface area contributed by atoms with Gasteiger partial charge in [-0.05, 0) is 46.3 Å². The molecule has 3 rings (SSSR count). The Morgan fingerprint density at radius 3 is 2.54 bits per heavy atom. The number of aliphatic hydroxyl groups is 1. The summed E-state index contributed by atoms with van der Waals surface area (Å²) in [5.41, 5.74) is 0.753. The highest BCUT2D eigenvalue weighted by Gasteiger charge is 2.19. The molecule has 1 unspecified atom stereocenters. The molecule has 1 N–H and O–H groups in total. The minimum Gasteiger partial charge on any atom is -0.386 e. The Morgan fingerprint density at radius 1 is 1.15 bits per heavy atom. The number of hydrogen-bond acceptors (Lipinski definition) is 6. The normalized spacial score (nSPS) is 12.5. The number of nitrogens with zero attached hydrogens (tertiary/aromatic N) is 2. The van der Waals surface area contributed by atoms with Crippen LogP contribution in [-0.4, -0.2) is 18.5 Å². The van der Waals surface area contributed by atoms with Crippen molar-refractivity contribution in [2.24, 2.45) is 0 Å². The number of fused-ring (bicyclic) bond motifs is 1. The summed E-state index contributed by atoms with van der Waals surface area (Å²) in [7, 11) is -3.99. The summed E-state index contributed by atoms with van der Waals surface area (Å²) >= 11 is 3.33. The Labute approximate surface area is 158 Å². The van der Waals surface area contributed by atoms with Gasteiger partial charge in [0.2, 0.25) is 0 Å². The van der Waals surface area contributed by atoms with Crippen LogP contribution in [0, 0.1) is 11.3 Å². The molecule has 0 saturated heterocycles. The van der Waals surface area contributed by atoms with Gasteiger partial charge in [0.15, 0.2) is 5.75 Å². The molecule has 0 aliphatic heterocycles. The molecule has 0 radical (unpaired) electrons. The fourth-order valence-electron chi connectivity index (χ4n) is 2.35. The first-order chi connectivity index (χ1) is 12.4. The maximum atomic E-state index is 12.4. The van der Waals surface area contributed by atoms with Crippen LogP contribution in [0.5, 0.6) is 5.75 Å². The largest absolute Gasteiger partial charge is 0.386 e. The van der Waals surface area contributed by atoms with Crippen molar-refractivity contribution in [1.82, 2.24) is 4.98 Å². The summed E-state index contributed by atoms with van der Waals surface area (Å²) < 4.78 is 30.4. The van der Waals surface area contributed by atoms with E-state index in [1.165, 1.54) is 18.2 Å². The van der Waals surface area contributed by atoms with Gasteiger partial charge in [0.1, 0.15) is 11.0 Å². The second kappa shape index (κ2) is 7.41. The van der Waals surface area contributed by atoms with Crippen LogP contribution in [0.15, 0.2) is 64.0 Å². The van der Waals surface area contributed by atoms with Crippen molar-refractivity contribution < 1.29 is 17.7 Å². The van der Waals surface area contributed by atoms with Gasteiger partial charge in [0, 0.05) is 5.39 Å². The highest BCUT2D eigenvalue weighted by molar-refractivity contribution is 9.10. The molecule has 0 saturated carbocycles. The molecule has 3 aromatic rings. The van der Waals surface area contributed by atoms with Crippen molar-refractivity contribution in [3.05, 3.63) is 64.8 Å². The molecule has 0 spiro atoms. The van der Waals surface area contributed by atoms with Crippen LogP contribution in [0.1, 0.15) is 18.2 Å². The van der Waals surface area contributed by atoms with Crippen LogP contribution < -0.4 is 4.18 Å². The Hall–Kier alpha value is -2.47. The standard InChI is InChI=1S/C18H13BrN2O4S/c19-17-16(25-26(23,24)13-4-2-1-3-5-13)9-7-12-6-8-14(21-18(12)17)15(22)10-11-20/h1-9,15,22H,10H2. The minimum atomic E-state index is -3.99. The molecule has 0 aliphatic rings. The van der Waals surface area contributed by atoms with Crippen LogP contribution in [0.2, 0.25) is 0 Å². The van der Waals surface area contributed by atoms with Gasteiger partial charge in [-0.15, -0.1) is 0 Å². The lowest BCUT2D eigenvalue weighted by atomic mass is 10.1. The second-order valence-electron chi connectivity index (χ2n) is 5.41.